The number of nitrogens with one attached hydrogen (secondary N) is 1. The van der Waals surface area contributed by atoms with Crippen molar-refractivity contribution in [3.05, 3.63) is 61.5 Å². The van der Waals surface area contributed by atoms with E-state index in [4.69, 9.17) is 39.5 Å². The number of likely N-dealkylation sites (N-methyl/N-ethyl adjacent to an activating group) is 1. The number of amides is 2. The number of halogens is 4. The highest BCUT2D eigenvalue weighted by Crippen LogP contribution is 2.28. The topological polar surface area (TPSA) is 58.6 Å². The molecule has 0 aromatic heterocycles. The molecule has 0 spiro atoms. The highest BCUT2D eigenvalue weighted by molar-refractivity contribution is 9.10. The molecule has 29 heavy (non-hydrogen) atoms. The van der Waals surface area contributed by atoms with Gasteiger partial charge in [-0.05, 0) is 65.7 Å². The highest BCUT2D eigenvalue weighted by atomic mass is 79.9. The van der Waals surface area contributed by atoms with Gasteiger partial charge in [-0.3, -0.25) is 9.59 Å². The molecule has 9 heteroatoms. The average Bonchev–Trinajstić information content (AvgIpc) is 2.67. The van der Waals surface area contributed by atoms with Crippen LogP contribution in [0.1, 0.15) is 19.4 Å². The maximum atomic E-state index is 12.9. The molecule has 2 amide bonds. The van der Waals surface area contributed by atoms with Crippen LogP contribution in [0, 0.1) is 0 Å². The van der Waals surface area contributed by atoms with Gasteiger partial charge >= 0.3 is 0 Å². The van der Waals surface area contributed by atoms with Crippen molar-refractivity contribution in [2.24, 2.45) is 0 Å². The number of benzene rings is 2. The van der Waals surface area contributed by atoms with Crippen LogP contribution in [0.5, 0.6) is 5.75 Å². The zero-order valence-corrected chi connectivity index (χ0v) is 19.7. The number of nitrogens with zero attached hydrogens (tertiary/aromatic N) is 1. The fraction of sp³-hybridized carbons (Fsp3) is 0.300. The lowest BCUT2D eigenvalue weighted by atomic mass is 10.1. The monoisotopic (exact) mass is 520 g/mol. The molecule has 156 valence electrons. The lowest BCUT2D eigenvalue weighted by Gasteiger charge is -2.28. The molecule has 2 aromatic rings. The summed E-state index contributed by atoms with van der Waals surface area (Å²) < 4.78 is 6.26. The number of carbonyl (C=O) groups excluding carboxylic acids is 2. The fourth-order valence-corrected chi connectivity index (χ4v) is 3.67. The third kappa shape index (κ3) is 6.78. The Morgan fingerprint density at radius 2 is 1.86 bits per heavy atom. The van der Waals surface area contributed by atoms with E-state index in [1.54, 1.807) is 43.3 Å². The van der Waals surface area contributed by atoms with E-state index in [0.29, 0.717) is 31.8 Å². The molecule has 0 saturated heterocycles. The molecule has 2 aromatic carbocycles. The number of ether oxygens (including phenoxy) is 1. The largest absolute Gasteiger partial charge is 0.483 e. The minimum atomic E-state index is -0.700. The Labute approximate surface area is 193 Å². The second kappa shape index (κ2) is 11.1. The lowest BCUT2D eigenvalue weighted by molar-refractivity contribution is -0.142. The first kappa shape index (κ1) is 23.8. The fourth-order valence-electron chi connectivity index (χ4n) is 2.55. The zero-order valence-electron chi connectivity index (χ0n) is 15.8. The van der Waals surface area contributed by atoms with Crippen molar-refractivity contribution in [3.8, 4) is 5.75 Å². The molecular weight excluding hydrogens is 502 g/mol. The average molecular weight is 523 g/mol. The first-order valence-electron chi connectivity index (χ1n) is 8.81. The summed E-state index contributed by atoms with van der Waals surface area (Å²) >= 11 is 21.3. The Morgan fingerprint density at radius 3 is 2.48 bits per heavy atom. The summed E-state index contributed by atoms with van der Waals surface area (Å²) in [5, 5.41) is 4.07. The van der Waals surface area contributed by atoms with Crippen LogP contribution in [0.3, 0.4) is 0 Å². The molecular formula is C20H20BrCl3N2O3. The minimum Gasteiger partial charge on any atom is -0.483 e. The summed E-state index contributed by atoms with van der Waals surface area (Å²) in [4.78, 5) is 26.7. The summed E-state index contributed by atoms with van der Waals surface area (Å²) in [7, 11) is 0. The van der Waals surface area contributed by atoms with Gasteiger partial charge in [0.25, 0.3) is 5.91 Å². The normalized spacial score (nSPS) is 11.7. The molecule has 0 aliphatic rings. The van der Waals surface area contributed by atoms with Crippen molar-refractivity contribution in [3.63, 3.8) is 0 Å². The first-order chi connectivity index (χ1) is 13.7. The number of carbonyl (C=O) groups is 2. The maximum absolute atomic E-state index is 12.9. The van der Waals surface area contributed by atoms with E-state index in [1.807, 2.05) is 6.92 Å². The van der Waals surface area contributed by atoms with Crippen LogP contribution < -0.4 is 10.1 Å². The van der Waals surface area contributed by atoms with Gasteiger partial charge in [0.05, 0.1) is 14.5 Å². The van der Waals surface area contributed by atoms with E-state index in [9.17, 15) is 9.59 Å². The van der Waals surface area contributed by atoms with E-state index in [1.165, 1.54) is 4.90 Å². The van der Waals surface area contributed by atoms with Gasteiger partial charge in [-0.2, -0.15) is 0 Å². The van der Waals surface area contributed by atoms with Gasteiger partial charge in [-0.1, -0.05) is 40.9 Å². The number of rotatable bonds is 8. The van der Waals surface area contributed by atoms with Crippen LogP contribution in [0.15, 0.2) is 40.9 Å². The highest BCUT2D eigenvalue weighted by Gasteiger charge is 2.26. The Hall–Kier alpha value is -1.47. The van der Waals surface area contributed by atoms with Gasteiger partial charge in [0.15, 0.2) is 6.61 Å². The van der Waals surface area contributed by atoms with Gasteiger partial charge in [0.1, 0.15) is 11.8 Å². The molecule has 0 radical (unpaired) electrons. The predicted octanol–water partition coefficient (Wildman–Crippen LogP) is 5.34. The van der Waals surface area contributed by atoms with E-state index >= 15 is 0 Å². The summed E-state index contributed by atoms with van der Waals surface area (Å²) in [5.74, 6) is -0.131. The Bertz CT molecular complexity index is 895. The molecule has 0 aliphatic heterocycles. The lowest BCUT2D eigenvalue weighted by Crippen LogP contribution is -2.49. The molecule has 0 bridgehead atoms. The third-order valence-corrected chi connectivity index (χ3v) is 5.69. The molecule has 1 atom stereocenters. The molecule has 2 rings (SSSR count). The first-order valence-corrected chi connectivity index (χ1v) is 10.7. The standard InChI is InChI=1S/C20H20BrCl3N2O3/c1-3-25-20(28)12(2)26(10-13-4-6-16(23)17(24)8-13)19(27)11-29-18-7-5-14(22)9-15(18)21/h4-9,12H,3,10-11H2,1-2H3,(H,25,28)/t12-/m1/s1. The second-order valence-corrected chi connectivity index (χ2v) is 8.31. The Kier molecular flexibility index (Phi) is 9.08. The van der Waals surface area contributed by atoms with Crippen molar-refractivity contribution < 1.29 is 14.3 Å². The van der Waals surface area contributed by atoms with Crippen molar-refractivity contribution in [1.29, 1.82) is 0 Å². The second-order valence-electron chi connectivity index (χ2n) is 6.20. The SMILES string of the molecule is CCNC(=O)[C@@H](C)N(Cc1ccc(Cl)c(Cl)c1)C(=O)COc1ccc(Cl)cc1Br. The van der Waals surface area contributed by atoms with E-state index < -0.39 is 6.04 Å². The molecule has 5 nitrogen and oxygen atoms in total. The molecule has 0 unspecified atom stereocenters. The van der Waals surface area contributed by atoms with E-state index in [0.717, 1.165) is 5.56 Å². The summed E-state index contributed by atoms with van der Waals surface area (Å²) in [6.07, 6.45) is 0. The zero-order chi connectivity index (χ0) is 21.6. The quantitative estimate of drug-likeness (QED) is 0.509. The van der Waals surface area contributed by atoms with Crippen LogP contribution >= 0.6 is 50.7 Å². The number of hydrogen-bond acceptors (Lipinski definition) is 3. The predicted molar refractivity (Wildman–Crippen MR) is 120 cm³/mol. The smallest absolute Gasteiger partial charge is 0.261 e. The van der Waals surface area contributed by atoms with Crippen LogP contribution in [0.25, 0.3) is 0 Å². The van der Waals surface area contributed by atoms with Gasteiger partial charge < -0.3 is 15.0 Å². The summed E-state index contributed by atoms with van der Waals surface area (Å²) in [5.41, 5.74) is 0.747. The van der Waals surface area contributed by atoms with Crippen molar-refractivity contribution in [2.75, 3.05) is 13.2 Å². The molecule has 0 saturated carbocycles. The third-order valence-electron chi connectivity index (χ3n) is 4.10. The Balaban J connectivity index is 2.19. The number of hydrogen-bond donors (Lipinski definition) is 1. The van der Waals surface area contributed by atoms with Gasteiger partial charge in [-0.15, -0.1) is 0 Å². The van der Waals surface area contributed by atoms with Crippen molar-refractivity contribution in [1.82, 2.24) is 10.2 Å². The molecule has 0 fully saturated rings. The van der Waals surface area contributed by atoms with E-state index in [2.05, 4.69) is 21.2 Å². The molecule has 1 N–H and O–H groups in total. The maximum Gasteiger partial charge on any atom is 0.261 e. The summed E-state index contributed by atoms with van der Waals surface area (Å²) in [6, 6.07) is 9.38. The Morgan fingerprint density at radius 1 is 1.14 bits per heavy atom. The molecule has 0 heterocycles. The van der Waals surface area contributed by atoms with Crippen LogP contribution in [-0.4, -0.2) is 35.9 Å². The molecule has 0 aliphatic carbocycles. The van der Waals surface area contributed by atoms with Crippen LogP contribution in [-0.2, 0) is 16.1 Å². The van der Waals surface area contributed by atoms with Crippen LogP contribution in [0.4, 0.5) is 0 Å². The minimum absolute atomic E-state index is 0.180. The summed E-state index contributed by atoms with van der Waals surface area (Å²) in [6.45, 7) is 3.88. The van der Waals surface area contributed by atoms with Gasteiger partial charge in [-0.25, -0.2) is 0 Å². The van der Waals surface area contributed by atoms with Crippen molar-refractivity contribution >= 4 is 62.5 Å². The van der Waals surface area contributed by atoms with Crippen LogP contribution in [0.2, 0.25) is 15.1 Å². The van der Waals surface area contributed by atoms with Gasteiger partial charge in [0, 0.05) is 18.1 Å². The van der Waals surface area contributed by atoms with Crippen molar-refractivity contribution in [2.45, 2.75) is 26.4 Å². The van der Waals surface area contributed by atoms with Gasteiger partial charge in [0.2, 0.25) is 5.91 Å². The van der Waals surface area contributed by atoms with E-state index in [-0.39, 0.29) is 25.0 Å².